The fraction of sp³-hybridized carbons (Fsp3) is 0.222. The molecule has 1 heterocycles. The molecule has 5 nitrogen and oxygen atoms in total. The lowest BCUT2D eigenvalue weighted by Gasteiger charge is -2.52. The Morgan fingerprint density at radius 2 is 1.50 bits per heavy atom. The summed E-state index contributed by atoms with van der Waals surface area (Å²) < 4.78 is 4.82. The number of carbonyl (C=O) groups is 3. The smallest absolute Gasteiger partial charge is 0.337 e. The van der Waals surface area contributed by atoms with Gasteiger partial charge in [0.05, 0.1) is 30.2 Å². The number of anilines is 1. The highest BCUT2D eigenvalue weighted by Gasteiger charge is 2.66. The molecule has 4 aliphatic rings. The van der Waals surface area contributed by atoms with Crippen LogP contribution in [0.4, 0.5) is 5.69 Å². The fourth-order valence-electron chi connectivity index (χ4n) is 6.30. The van der Waals surface area contributed by atoms with E-state index in [9.17, 15) is 14.4 Å². The van der Waals surface area contributed by atoms with Crippen LogP contribution in [0.25, 0.3) is 0 Å². The highest BCUT2D eigenvalue weighted by molar-refractivity contribution is 6.24. The molecule has 0 spiro atoms. The normalized spacial score (nSPS) is 27.1. The maximum absolute atomic E-state index is 13.9. The van der Waals surface area contributed by atoms with Crippen molar-refractivity contribution in [3.8, 4) is 0 Å². The van der Waals surface area contributed by atoms with E-state index in [2.05, 4.69) is 31.2 Å². The molecular weight excluding hydrogens is 402 g/mol. The Balaban J connectivity index is 1.56. The zero-order valence-electron chi connectivity index (χ0n) is 17.7. The first-order valence-electron chi connectivity index (χ1n) is 10.7. The molecule has 32 heavy (non-hydrogen) atoms. The highest BCUT2D eigenvalue weighted by Crippen LogP contribution is 2.64. The van der Waals surface area contributed by atoms with Gasteiger partial charge in [-0.25, -0.2) is 9.69 Å². The number of benzene rings is 3. The van der Waals surface area contributed by atoms with E-state index in [1.54, 1.807) is 24.3 Å². The van der Waals surface area contributed by atoms with Crippen LogP contribution < -0.4 is 4.90 Å². The molecule has 2 atom stereocenters. The molecule has 7 rings (SSSR count). The lowest BCUT2D eigenvalue weighted by atomic mass is 9.48. The standard InChI is InChI=1S/C27H21NO4/c1-27-19-12-5-3-10-17(19)21(18-11-4-6-13-20(18)27)22-23(27)25(30)28(24(22)29)16-9-7-8-15(14-16)26(31)32-2/h3-14,21-23H,1-2H3. The average molecular weight is 423 g/mol. The summed E-state index contributed by atoms with van der Waals surface area (Å²) in [6, 6.07) is 22.9. The van der Waals surface area contributed by atoms with Gasteiger partial charge in [-0.3, -0.25) is 9.59 Å². The van der Waals surface area contributed by atoms with Gasteiger partial charge in [0.2, 0.25) is 11.8 Å². The summed E-state index contributed by atoms with van der Waals surface area (Å²) in [6.07, 6.45) is 0. The molecule has 3 aromatic carbocycles. The predicted octanol–water partition coefficient (Wildman–Crippen LogP) is 4.04. The molecule has 158 valence electrons. The quantitative estimate of drug-likeness (QED) is 0.461. The summed E-state index contributed by atoms with van der Waals surface area (Å²) in [7, 11) is 1.31. The molecule has 3 aromatic rings. The van der Waals surface area contributed by atoms with Crippen LogP contribution in [0, 0.1) is 11.8 Å². The van der Waals surface area contributed by atoms with E-state index in [1.165, 1.54) is 12.0 Å². The molecule has 0 N–H and O–H groups in total. The summed E-state index contributed by atoms with van der Waals surface area (Å²) in [6.45, 7) is 2.09. The van der Waals surface area contributed by atoms with Gasteiger partial charge < -0.3 is 4.74 Å². The van der Waals surface area contributed by atoms with Gasteiger partial charge in [-0.1, -0.05) is 61.5 Å². The third-order valence-electron chi connectivity index (χ3n) is 7.57. The van der Waals surface area contributed by atoms with Crippen molar-refractivity contribution in [2.45, 2.75) is 18.3 Å². The largest absolute Gasteiger partial charge is 0.465 e. The molecule has 0 radical (unpaired) electrons. The number of carbonyl (C=O) groups excluding carboxylic acids is 3. The second-order valence-corrected chi connectivity index (χ2v) is 8.91. The number of imide groups is 1. The van der Waals surface area contributed by atoms with Crippen LogP contribution in [0.2, 0.25) is 0 Å². The van der Waals surface area contributed by atoms with Crippen molar-refractivity contribution in [1.29, 1.82) is 0 Å². The molecule has 2 unspecified atom stereocenters. The maximum Gasteiger partial charge on any atom is 0.337 e. The first-order valence-corrected chi connectivity index (χ1v) is 10.7. The van der Waals surface area contributed by atoms with Crippen LogP contribution in [-0.4, -0.2) is 24.9 Å². The van der Waals surface area contributed by atoms with Crippen molar-refractivity contribution in [3.63, 3.8) is 0 Å². The zero-order chi connectivity index (χ0) is 22.2. The zero-order valence-corrected chi connectivity index (χ0v) is 17.7. The maximum atomic E-state index is 13.9. The number of rotatable bonds is 2. The highest BCUT2D eigenvalue weighted by atomic mass is 16.5. The second-order valence-electron chi connectivity index (χ2n) is 8.91. The van der Waals surface area contributed by atoms with Crippen LogP contribution in [0.3, 0.4) is 0 Å². The number of esters is 1. The van der Waals surface area contributed by atoms with E-state index < -0.39 is 23.2 Å². The minimum absolute atomic E-state index is 0.167. The summed E-state index contributed by atoms with van der Waals surface area (Å²) in [4.78, 5) is 41.1. The molecule has 1 fully saturated rings. The number of amides is 2. The Labute approximate surface area is 185 Å². The molecule has 5 heteroatoms. The van der Waals surface area contributed by atoms with Crippen molar-refractivity contribution in [3.05, 3.63) is 101 Å². The second kappa shape index (κ2) is 6.39. The number of nitrogens with zero attached hydrogens (tertiary/aromatic N) is 1. The van der Waals surface area contributed by atoms with E-state index in [4.69, 9.17) is 4.74 Å². The summed E-state index contributed by atoms with van der Waals surface area (Å²) in [5.74, 6) is -2.05. The SMILES string of the molecule is COC(=O)c1cccc(N2C(=O)C3C4c5ccccc5C(C)(c5ccccc54)C3C2=O)c1. The molecule has 1 aliphatic heterocycles. The van der Waals surface area contributed by atoms with Gasteiger partial charge in [0.25, 0.3) is 0 Å². The van der Waals surface area contributed by atoms with Gasteiger partial charge >= 0.3 is 5.97 Å². The number of hydrogen-bond donors (Lipinski definition) is 0. The molecule has 1 saturated heterocycles. The third-order valence-corrected chi connectivity index (χ3v) is 7.57. The first-order chi connectivity index (χ1) is 15.5. The predicted molar refractivity (Wildman–Crippen MR) is 118 cm³/mol. The van der Waals surface area contributed by atoms with E-state index in [0.29, 0.717) is 11.3 Å². The Morgan fingerprint density at radius 1 is 0.875 bits per heavy atom. The molecule has 2 amide bonds. The van der Waals surface area contributed by atoms with Crippen LogP contribution in [0.1, 0.15) is 45.5 Å². The molecule has 3 aliphatic carbocycles. The average Bonchev–Trinajstić information content (AvgIpc) is 3.10. The van der Waals surface area contributed by atoms with Gasteiger partial charge in [-0.05, 0) is 40.5 Å². The van der Waals surface area contributed by atoms with Crippen molar-refractivity contribution >= 4 is 23.5 Å². The van der Waals surface area contributed by atoms with Gasteiger partial charge in [0.1, 0.15) is 0 Å². The summed E-state index contributed by atoms with van der Waals surface area (Å²) in [5.41, 5.74) is 4.61. The van der Waals surface area contributed by atoms with Crippen molar-refractivity contribution < 1.29 is 19.1 Å². The Morgan fingerprint density at radius 3 is 2.12 bits per heavy atom. The molecule has 0 saturated carbocycles. The number of methoxy groups -OCH3 is 1. The summed E-state index contributed by atoms with van der Waals surface area (Å²) in [5, 5.41) is 0. The van der Waals surface area contributed by atoms with Gasteiger partial charge in [-0.2, -0.15) is 0 Å². The number of hydrogen-bond acceptors (Lipinski definition) is 4. The Hall–Kier alpha value is -3.73. The van der Waals surface area contributed by atoms with Gasteiger partial charge in [0.15, 0.2) is 0 Å². The molecular formula is C27H21NO4. The monoisotopic (exact) mass is 423 g/mol. The van der Waals surface area contributed by atoms with E-state index >= 15 is 0 Å². The van der Waals surface area contributed by atoms with Gasteiger partial charge in [0, 0.05) is 11.3 Å². The summed E-state index contributed by atoms with van der Waals surface area (Å²) >= 11 is 0. The van der Waals surface area contributed by atoms with E-state index in [-0.39, 0.29) is 17.7 Å². The van der Waals surface area contributed by atoms with Crippen LogP contribution >= 0.6 is 0 Å². The Kier molecular flexibility index (Phi) is 3.79. The van der Waals surface area contributed by atoms with E-state index in [0.717, 1.165) is 22.3 Å². The van der Waals surface area contributed by atoms with Crippen LogP contribution in [0.5, 0.6) is 0 Å². The van der Waals surface area contributed by atoms with Crippen molar-refractivity contribution in [2.75, 3.05) is 12.0 Å². The minimum atomic E-state index is -0.603. The first kappa shape index (κ1) is 19.0. The van der Waals surface area contributed by atoms with Crippen molar-refractivity contribution in [1.82, 2.24) is 0 Å². The Bertz CT molecular complexity index is 1280. The lowest BCUT2D eigenvalue weighted by Crippen LogP contribution is -2.51. The molecule has 2 bridgehead atoms. The number of ether oxygens (including phenoxy) is 1. The lowest BCUT2D eigenvalue weighted by molar-refractivity contribution is -0.123. The minimum Gasteiger partial charge on any atom is -0.465 e. The van der Waals surface area contributed by atoms with Crippen LogP contribution in [0.15, 0.2) is 72.8 Å². The topological polar surface area (TPSA) is 63.7 Å². The third kappa shape index (κ3) is 2.15. The van der Waals surface area contributed by atoms with Crippen molar-refractivity contribution in [2.24, 2.45) is 11.8 Å². The fourth-order valence-corrected chi connectivity index (χ4v) is 6.30. The van der Waals surface area contributed by atoms with E-state index in [1.807, 2.05) is 24.3 Å². The van der Waals surface area contributed by atoms with Crippen LogP contribution in [-0.2, 0) is 19.7 Å². The van der Waals surface area contributed by atoms with Gasteiger partial charge in [-0.15, -0.1) is 0 Å². The molecule has 0 aromatic heterocycles.